The van der Waals surface area contributed by atoms with Crippen molar-refractivity contribution in [1.29, 1.82) is 0 Å². The first-order chi connectivity index (χ1) is 12.8. The number of β-amino-alcohol motifs (C(OH)–C–C–N with tert-alkyl or cyclic N) is 1. The van der Waals surface area contributed by atoms with Crippen molar-refractivity contribution in [3.63, 3.8) is 0 Å². The maximum absolute atomic E-state index is 12.9. The molecule has 2 amide bonds. The van der Waals surface area contributed by atoms with Crippen molar-refractivity contribution >= 4 is 34.7 Å². The Bertz CT molecular complexity index is 584. The first-order valence-corrected chi connectivity index (χ1v) is 10.4. The normalized spacial score (nSPS) is 29.9. The number of carboxylic acids is 1. The second kappa shape index (κ2) is 10.1. The van der Waals surface area contributed by atoms with E-state index in [9.17, 15) is 29.4 Å². The van der Waals surface area contributed by atoms with Crippen LogP contribution < -0.4 is 5.32 Å². The van der Waals surface area contributed by atoms with Gasteiger partial charge in [-0.2, -0.15) is 0 Å². The molecule has 0 saturated carbocycles. The lowest BCUT2D eigenvalue weighted by atomic mass is 9.97. The molecule has 152 valence electrons. The number of rotatable bonds is 4. The van der Waals surface area contributed by atoms with Crippen molar-refractivity contribution in [2.75, 3.05) is 12.3 Å². The SMILES string of the molecule is CC(=O)SC[C@H]1CCCCCC[C@@H](C(=O)N2C[C@H](O)C[C@@H]2C(=O)O)NC1=O. The number of carbonyl (C=O) groups is 4. The second-order valence-corrected chi connectivity index (χ2v) is 8.48. The van der Waals surface area contributed by atoms with E-state index in [4.69, 9.17) is 0 Å². The number of aliphatic carboxylic acids is 1. The molecule has 2 rings (SSSR count). The molecule has 3 N–H and O–H groups in total. The van der Waals surface area contributed by atoms with Crippen LogP contribution in [0.5, 0.6) is 0 Å². The van der Waals surface area contributed by atoms with Gasteiger partial charge in [0, 0.05) is 31.6 Å². The molecule has 8 nitrogen and oxygen atoms in total. The standard InChI is InChI=1S/C18H28N2O6S/c1-11(21)27-10-12-6-4-2-3-5-7-14(19-16(12)23)17(24)20-9-13(22)8-15(20)18(25)26/h12-15,22H,2-10H2,1H3,(H,19,23)(H,25,26)/t12-,13-,14+,15-/m1/s1. The highest BCUT2D eigenvalue weighted by atomic mass is 32.2. The van der Waals surface area contributed by atoms with E-state index in [1.54, 1.807) is 0 Å². The molecule has 0 radical (unpaired) electrons. The molecule has 2 saturated heterocycles. The molecule has 9 heteroatoms. The summed E-state index contributed by atoms with van der Waals surface area (Å²) in [5, 5.41) is 21.8. The fourth-order valence-corrected chi connectivity index (χ4v) is 4.39. The van der Waals surface area contributed by atoms with E-state index in [1.165, 1.54) is 11.8 Å². The fraction of sp³-hybridized carbons (Fsp3) is 0.778. The van der Waals surface area contributed by atoms with Gasteiger partial charge < -0.3 is 20.4 Å². The molecular formula is C18H28N2O6S. The third-order valence-corrected chi connectivity index (χ3v) is 6.09. The number of carboxylic acid groups (broad SMARTS) is 1. The van der Waals surface area contributed by atoms with Crippen molar-refractivity contribution in [1.82, 2.24) is 10.2 Å². The maximum Gasteiger partial charge on any atom is 0.326 e. The third-order valence-electron chi connectivity index (χ3n) is 5.12. The summed E-state index contributed by atoms with van der Waals surface area (Å²) in [4.78, 5) is 49.4. The lowest BCUT2D eigenvalue weighted by Gasteiger charge is -2.29. The molecule has 0 aromatic heterocycles. The van der Waals surface area contributed by atoms with Crippen LogP contribution in [0, 0.1) is 5.92 Å². The van der Waals surface area contributed by atoms with Crippen molar-refractivity contribution < 1.29 is 29.4 Å². The highest BCUT2D eigenvalue weighted by molar-refractivity contribution is 8.13. The summed E-state index contributed by atoms with van der Waals surface area (Å²) in [6.07, 6.45) is 3.77. The largest absolute Gasteiger partial charge is 0.480 e. The van der Waals surface area contributed by atoms with Gasteiger partial charge in [-0.1, -0.05) is 37.4 Å². The summed E-state index contributed by atoms with van der Waals surface area (Å²) in [6, 6.07) is -1.86. The molecule has 0 unspecified atom stereocenters. The smallest absolute Gasteiger partial charge is 0.326 e. The van der Waals surface area contributed by atoms with Gasteiger partial charge in [0.25, 0.3) is 0 Å². The Kier molecular flexibility index (Phi) is 8.09. The molecule has 0 spiro atoms. The molecule has 2 heterocycles. The lowest BCUT2D eigenvalue weighted by molar-refractivity contribution is -0.149. The number of nitrogens with zero attached hydrogens (tertiary/aromatic N) is 1. The van der Waals surface area contributed by atoms with E-state index < -0.39 is 30.1 Å². The summed E-state index contributed by atoms with van der Waals surface area (Å²) in [5.41, 5.74) is 0. The van der Waals surface area contributed by atoms with Gasteiger partial charge in [0.1, 0.15) is 12.1 Å². The molecule has 2 fully saturated rings. The Morgan fingerprint density at radius 3 is 2.48 bits per heavy atom. The Morgan fingerprint density at radius 1 is 1.19 bits per heavy atom. The highest BCUT2D eigenvalue weighted by Crippen LogP contribution is 2.23. The number of likely N-dealkylation sites (tertiary alicyclic amines) is 1. The average Bonchev–Trinajstić information content (AvgIpc) is 3.00. The first kappa shape index (κ1) is 21.7. The molecule has 0 aromatic rings. The first-order valence-electron chi connectivity index (χ1n) is 9.44. The van der Waals surface area contributed by atoms with Crippen LogP contribution in [0.1, 0.15) is 51.9 Å². The van der Waals surface area contributed by atoms with E-state index in [0.717, 1.165) is 37.4 Å². The quantitative estimate of drug-likeness (QED) is 0.637. The predicted molar refractivity (Wildman–Crippen MR) is 100 cm³/mol. The summed E-state index contributed by atoms with van der Waals surface area (Å²) in [5.74, 6) is -1.85. The van der Waals surface area contributed by atoms with Crippen LogP contribution in [0.2, 0.25) is 0 Å². The van der Waals surface area contributed by atoms with Crippen LogP contribution in [0.3, 0.4) is 0 Å². The zero-order valence-electron chi connectivity index (χ0n) is 15.6. The molecule has 2 aliphatic rings. The van der Waals surface area contributed by atoms with E-state index in [2.05, 4.69) is 5.32 Å². The predicted octanol–water partition coefficient (Wildman–Crippen LogP) is 0.768. The van der Waals surface area contributed by atoms with Gasteiger partial charge in [-0.05, 0) is 12.8 Å². The number of amides is 2. The Morgan fingerprint density at radius 2 is 1.85 bits per heavy atom. The number of aliphatic hydroxyl groups excluding tert-OH is 1. The number of thioether (sulfide) groups is 1. The minimum Gasteiger partial charge on any atom is -0.480 e. The van der Waals surface area contributed by atoms with Crippen LogP contribution in [0.4, 0.5) is 0 Å². The third kappa shape index (κ3) is 6.21. The van der Waals surface area contributed by atoms with Gasteiger partial charge in [0.2, 0.25) is 11.8 Å². The van der Waals surface area contributed by atoms with E-state index in [1.807, 2.05) is 0 Å². The molecule has 27 heavy (non-hydrogen) atoms. The number of carbonyl (C=O) groups excluding carboxylic acids is 3. The maximum atomic E-state index is 12.9. The molecular weight excluding hydrogens is 372 g/mol. The zero-order chi connectivity index (χ0) is 20.0. The van der Waals surface area contributed by atoms with Gasteiger partial charge >= 0.3 is 5.97 Å². The Balaban J connectivity index is 2.10. The lowest BCUT2D eigenvalue weighted by Crippen LogP contribution is -2.53. The number of hydrogen-bond acceptors (Lipinski definition) is 6. The molecule has 2 aliphatic heterocycles. The topological polar surface area (TPSA) is 124 Å². The van der Waals surface area contributed by atoms with E-state index >= 15 is 0 Å². The average molecular weight is 400 g/mol. The van der Waals surface area contributed by atoms with Crippen molar-refractivity contribution in [2.45, 2.75) is 70.1 Å². The second-order valence-electron chi connectivity index (χ2n) is 7.29. The zero-order valence-corrected chi connectivity index (χ0v) is 16.4. The molecule has 4 atom stereocenters. The van der Waals surface area contributed by atoms with Crippen LogP contribution in [-0.4, -0.2) is 68.5 Å². The summed E-state index contributed by atoms with van der Waals surface area (Å²) >= 11 is 1.10. The monoisotopic (exact) mass is 400 g/mol. The van der Waals surface area contributed by atoms with Gasteiger partial charge in [-0.15, -0.1) is 0 Å². The molecule has 0 aromatic carbocycles. The highest BCUT2D eigenvalue weighted by Gasteiger charge is 2.41. The summed E-state index contributed by atoms with van der Waals surface area (Å²) < 4.78 is 0. The minimum atomic E-state index is -1.15. The van der Waals surface area contributed by atoms with Crippen molar-refractivity contribution in [3.05, 3.63) is 0 Å². The molecule has 0 aliphatic carbocycles. The summed E-state index contributed by atoms with van der Waals surface area (Å²) in [7, 11) is 0. The van der Waals surface area contributed by atoms with E-state index in [-0.39, 0.29) is 29.9 Å². The van der Waals surface area contributed by atoms with Gasteiger partial charge in [-0.25, -0.2) is 4.79 Å². The van der Waals surface area contributed by atoms with Crippen LogP contribution in [0.25, 0.3) is 0 Å². The number of hydrogen-bond donors (Lipinski definition) is 3. The number of aliphatic hydroxyl groups is 1. The van der Waals surface area contributed by atoms with Gasteiger partial charge in [-0.3, -0.25) is 14.4 Å². The van der Waals surface area contributed by atoms with Gasteiger partial charge in [0.15, 0.2) is 5.12 Å². The van der Waals surface area contributed by atoms with Crippen LogP contribution >= 0.6 is 11.8 Å². The summed E-state index contributed by atoms with van der Waals surface area (Å²) in [6.45, 7) is 1.42. The minimum absolute atomic E-state index is 0.000381. The fourth-order valence-electron chi connectivity index (χ4n) is 3.64. The van der Waals surface area contributed by atoms with Crippen molar-refractivity contribution in [2.24, 2.45) is 5.92 Å². The molecule has 0 bridgehead atoms. The number of nitrogens with one attached hydrogen (secondary N) is 1. The van der Waals surface area contributed by atoms with E-state index in [0.29, 0.717) is 18.6 Å². The van der Waals surface area contributed by atoms with Gasteiger partial charge in [0.05, 0.1) is 6.10 Å². The Hall–Kier alpha value is -1.61. The van der Waals surface area contributed by atoms with Crippen LogP contribution in [-0.2, 0) is 19.2 Å². The van der Waals surface area contributed by atoms with Crippen LogP contribution in [0.15, 0.2) is 0 Å². The Labute approximate surface area is 163 Å². The van der Waals surface area contributed by atoms with Crippen molar-refractivity contribution in [3.8, 4) is 0 Å².